The molecule has 10 heteroatoms. The number of likely N-dealkylation sites (tertiary alicyclic amines) is 1. The zero-order chi connectivity index (χ0) is 24.0. The number of nitrogens with zero attached hydrogens (tertiary/aromatic N) is 2. The molecule has 2 aromatic carbocycles. The van der Waals surface area contributed by atoms with Crippen molar-refractivity contribution in [1.82, 2.24) is 19.8 Å². The van der Waals surface area contributed by atoms with Crippen LogP contribution in [0.1, 0.15) is 24.4 Å². The maximum atomic E-state index is 13.4. The maximum absolute atomic E-state index is 13.4. The van der Waals surface area contributed by atoms with Crippen LogP contribution in [0.2, 0.25) is 0 Å². The molecule has 2 aromatic rings. The van der Waals surface area contributed by atoms with Gasteiger partial charge in [-0.05, 0) is 42.7 Å². The van der Waals surface area contributed by atoms with E-state index in [1.54, 1.807) is 47.4 Å². The lowest BCUT2D eigenvalue weighted by atomic mass is 10.0. The van der Waals surface area contributed by atoms with Crippen LogP contribution in [0, 0.1) is 5.82 Å². The fraction of sp³-hybridized carbons (Fsp3) is 0.458. The summed E-state index contributed by atoms with van der Waals surface area (Å²) in [6, 6.07) is 14.2. The zero-order valence-corrected chi connectivity index (χ0v) is 19.8. The number of hydrogen-bond donors (Lipinski definition) is 2. The summed E-state index contributed by atoms with van der Waals surface area (Å²) in [5.74, 6) is -0.292. The standard InChI is InChI=1S/C24H31FN4O4S/c25-20-8-6-19(7-9-20)23(28-14-16-33-17-15-28)18-26-24(30)29-12-10-21(11-13-29)27-34(31,32)22-4-2-1-3-5-22/h1-9,21,23,27H,10-18H2,(H,26,30)/t23-/m0/s1. The molecule has 0 saturated carbocycles. The van der Waals surface area contributed by atoms with Gasteiger partial charge in [-0.1, -0.05) is 30.3 Å². The number of carbonyl (C=O) groups excluding carboxylic acids is 1. The van der Waals surface area contributed by atoms with E-state index in [0.29, 0.717) is 45.7 Å². The van der Waals surface area contributed by atoms with Crippen LogP contribution in [0.5, 0.6) is 0 Å². The number of benzene rings is 2. The number of rotatable bonds is 7. The van der Waals surface area contributed by atoms with Gasteiger partial charge in [0.05, 0.1) is 24.2 Å². The Labute approximate surface area is 200 Å². The van der Waals surface area contributed by atoms with E-state index in [-0.39, 0.29) is 28.8 Å². The third kappa shape index (κ3) is 6.32. The number of piperidine rings is 1. The summed E-state index contributed by atoms with van der Waals surface area (Å²) < 4.78 is 46.8. The smallest absolute Gasteiger partial charge is 0.317 e. The Kier molecular flexibility index (Phi) is 8.15. The molecule has 0 radical (unpaired) electrons. The van der Waals surface area contributed by atoms with Crippen molar-refractivity contribution in [2.75, 3.05) is 45.9 Å². The third-order valence-corrected chi connectivity index (χ3v) is 7.88. The van der Waals surface area contributed by atoms with Crippen LogP contribution in [0.25, 0.3) is 0 Å². The molecule has 0 aromatic heterocycles. The van der Waals surface area contributed by atoms with Gasteiger partial charge in [0, 0.05) is 38.8 Å². The van der Waals surface area contributed by atoms with Gasteiger partial charge in [-0.25, -0.2) is 22.3 Å². The molecule has 2 aliphatic rings. The molecule has 2 aliphatic heterocycles. The molecule has 1 atom stereocenters. The number of amides is 2. The molecule has 34 heavy (non-hydrogen) atoms. The maximum Gasteiger partial charge on any atom is 0.317 e. The number of nitrogens with one attached hydrogen (secondary N) is 2. The molecule has 2 fully saturated rings. The molecule has 0 unspecified atom stereocenters. The van der Waals surface area contributed by atoms with Gasteiger partial charge >= 0.3 is 6.03 Å². The highest BCUT2D eigenvalue weighted by Crippen LogP contribution is 2.22. The van der Waals surface area contributed by atoms with Crippen LogP contribution in [0.3, 0.4) is 0 Å². The molecule has 0 bridgehead atoms. The average Bonchev–Trinajstić information content (AvgIpc) is 2.86. The second-order valence-electron chi connectivity index (χ2n) is 8.60. The molecule has 8 nitrogen and oxygen atoms in total. The third-order valence-electron chi connectivity index (χ3n) is 6.35. The molecule has 0 spiro atoms. The van der Waals surface area contributed by atoms with Crippen molar-refractivity contribution in [3.05, 3.63) is 66.0 Å². The number of sulfonamides is 1. The minimum atomic E-state index is -3.58. The molecule has 2 N–H and O–H groups in total. The van der Waals surface area contributed by atoms with Gasteiger partial charge < -0.3 is 15.0 Å². The minimum absolute atomic E-state index is 0.0799. The van der Waals surface area contributed by atoms with Crippen LogP contribution in [0.4, 0.5) is 9.18 Å². The highest BCUT2D eigenvalue weighted by Gasteiger charge is 2.28. The minimum Gasteiger partial charge on any atom is -0.379 e. The van der Waals surface area contributed by atoms with Crippen molar-refractivity contribution >= 4 is 16.1 Å². The zero-order valence-electron chi connectivity index (χ0n) is 19.0. The molecule has 2 heterocycles. The van der Waals surface area contributed by atoms with E-state index < -0.39 is 10.0 Å². The summed E-state index contributed by atoms with van der Waals surface area (Å²) in [5, 5.41) is 3.02. The van der Waals surface area contributed by atoms with Gasteiger partial charge in [-0.3, -0.25) is 4.90 Å². The molecule has 0 aliphatic carbocycles. The fourth-order valence-corrected chi connectivity index (χ4v) is 5.74. The lowest BCUT2D eigenvalue weighted by molar-refractivity contribution is 0.0164. The molecular formula is C24H31FN4O4S. The van der Waals surface area contributed by atoms with Gasteiger partial charge in [-0.15, -0.1) is 0 Å². The van der Waals surface area contributed by atoms with Gasteiger partial charge in [0.2, 0.25) is 10.0 Å². The van der Waals surface area contributed by atoms with Crippen molar-refractivity contribution < 1.29 is 22.3 Å². The summed E-state index contributed by atoms with van der Waals surface area (Å²) in [6.07, 6.45) is 1.09. The Bertz CT molecular complexity index is 1040. The first-order chi connectivity index (χ1) is 16.4. The first-order valence-electron chi connectivity index (χ1n) is 11.6. The highest BCUT2D eigenvalue weighted by molar-refractivity contribution is 7.89. The highest BCUT2D eigenvalue weighted by atomic mass is 32.2. The van der Waals surface area contributed by atoms with Gasteiger partial charge in [-0.2, -0.15) is 0 Å². The second kappa shape index (κ2) is 11.3. The Morgan fingerprint density at radius 1 is 1.00 bits per heavy atom. The first kappa shape index (κ1) is 24.6. The molecule has 184 valence electrons. The van der Waals surface area contributed by atoms with Crippen molar-refractivity contribution in [2.45, 2.75) is 29.8 Å². The van der Waals surface area contributed by atoms with Crippen LogP contribution >= 0.6 is 0 Å². The molecule has 2 saturated heterocycles. The second-order valence-corrected chi connectivity index (χ2v) is 10.3. The number of morpholine rings is 1. The first-order valence-corrected chi connectivity index (χ1v) is 13.1. The van der Waals surface area contributed by atoms with E-state index >= 15 is 0 Å². The lowest BCUT2D eigenvalue weighted by Crippen LogP contribution is -2.51. The van der Waals surface area contributed by atoms with E-state index in [1.807, 2.05) is 0 Å². The van der Waals surface area contributed by atoms with E-state index in [1.165, 1.54) is 12.1 Å². The lowest BCUT2D eigenvalue weighted by Gasteiger charge is -2.36. The van der Waals surface area contributed by atoms with Crippen LogP contribution in [-0.4, -0.2) is 76.2 Å². The molecule has 2 amide bonds. The van der Waals surface area contributed by atoms with Crippen LogP contribution in [0.15, 0.2) is 59.5 Å². The summed E-state index contributed by atoms with van der Waals surface area (Å²) in [7, 11) is -3.58. The van der Waals surface area contributed by atoms with Crippen LogP contribution < -0.4 is 10.0 Å². The SMILES string of the molecule is O=C(NC[C@@H](c1ccc(F)cc1)N1CCOCC1)N1CCC(NS(=O)(=O)c2ccccc2)CC1. The van der Waals surface area contributed by atoms with Crippen molar-refractivity contribution in [1.29, 1.82) is 0 Å². The predicted molar refractivity (Wildman–Crippen MR) is 126 cm³/mol. The molecule has 4 rings (SSSR count). The molecular weight excluding hydrogens is 459 g/mol. The Balaban J connectivity index is 1.30. The van der Waals surface area contributed by atoms with E-state index in [9.17, 15) is 17.6 Å². The number of carbonyl (C=O) groups is 1. The number of ether oxygens (including phenoxy) is 1. The topological polar surface area (TPSA) is 91.0 Å². The summed E-state index contributed by atoms with van der Waals surface area (Å²) >= 11 is 0. The normalized spacial score (nSPS) is 19.0. The predicted octanol–water partition coefficient (Wildman–Crippen LogP) is 2.35. The quantitative estimate of drug-likeness (QED) is 0.622. The fourth-order valence-electron chi connectivity index (χ4n) is 4.42. The Morgan fingerprint density at radius 2 is 1.65 bits per heavy atom. The van der Waals surface area contributed by atoms with Gasteiger partial charge in [0.25, 0.3) is 0 Å². The average molecular weight is 491 g/mol. The summed E-state index contributed by atoms with van der Waals surface area (Å²) in [4.78, 5) is 17.1. The number of urea groups is 1. The summed E-state index contributed by atoms with van der Waals surface area (Å²) in [6.45, 7) is 4.05. The van der Waals surface area contributed by atoms with E-state index in [4.69, 9.17) is 4.74 Å². The van der Waals surface area contributed by atoms with Crippen molar-refractivity contribution in [2.24, 2.45) is 0 Å². The Hall–Kier alpha value is -2.53. The van der Waals surface area contributed by atoms with E-state index in [0.717, 1.165) is 18.7 Å². The van der Waals surface area contributed by atoms with Gasteiger partial charge in [0.1, 0.15) is 5.82 Å². The monoisotopic (exact) mass is 490 g/mol. The Morgan fingerprint density at radius 3 is 2.29 bits per heavy atom. The van der Waals surface area contributed by atoms with Crippen molar-refractivity contribution in [3.8, 4) is 0 Å². The number of halogens is 1. The van der Waals surface area contributed by atoms with Crippen molar-refractivity contribution in [3.63, 3.8) is 0 Å². The number of hydrogen-bond acceptors (Lipinski definition) is 5. The van der Waals surface area contributed by atoms with Gasteiger partial charge in [0.15, 0.2) is 0 Å². The van der Waals surface area contributed by atoms with E-state index in [2.05, 4.69) is 14.9 Å². The summed E-state index contributed by atoms with van der Waals surface area (Å²) in [5.41, 5.74) is 0.942. The van der Waals surface area contributed by atoms with Crippen LogP contribution in [-0.2, 0) is 14.8 Å². The largest absolute Gasteiger partial charge is 0.379 e.